The summed E-state index contributed by atoms with van der Waals surface area (Å²) in [6.07, 6.45) is 0. The number of rotatable bonds is 4. The standard InChI is InChI=1S/C16H15FO4/c1-3-21-16(19)14-5-4-10(8-15(14)17)11-6-12(18)9-13(7-11)20-2/h4-9,18H,3H2,1-2H3. The average Bonchev–Trinajstić information content (AvgIpc) is 2.46. The second-order valence-electron chi connectivity index (χ2n) is 4.33. The molecule has 5 heteroatoms. The first-order valence-electron chi connectivity index (χ1n) is 6.40. The third kappa shape index (κ3) is 3.31. The maximum Gasteiger partial charge on any atom is 0.341 e. The monoisotopic (exact) mass is 290 g/mol. The number of carbonyl (C=O) groups is 1. The number of halogens is 1. The maximum atomic E-state index is 14.0. The van der Waals surface area contributed by atoms with Gasteiger partial charge in [0, 0.05) is 6.07 Å². The van der Waals surface area contributed by atoms with Crippen molar-refractivity contribution < 1.29 is 23.8 Å². The number of aromatic hydroxyl groups is 1. The zero-order valence-corrected chi connectivity index (χ0v) is 11.7. The summed E-state index contributed by atoms with van der Waals surface area (Å²) in [6, 6.07) is 8.77. The van der Waals surface area contributed by atoms with Crippen molar-refractivity contribution in [2.24, 2.45) is 0 Å². The van der Waals surface area contributed by atoms with Crippen molar-refractivity contribution in [3.8, 4) is 22.6 Å². The van der Waals surface area contributed by atoms with Gasteiger partial charge in [-0.3, -0.25) is 0 Å². The van der Waals surface area contributed by atoms with Gasteiger partial charge in [-0.05, 0) is 42.3 Å². The molecule has 1 N–H and O–H groups in total. The highest BCUT2D eigenvalue weighted by Crippen LogP contribution is 2.30. The third-order valence-corrected chi connectivity index (χ3v) is 2.92. The Morgan fingerprint density at radius 3 is 2.57 bits per heavy atom. The molecule has 0 heterocycles. The molecule has 0 radical (unpaired) electrons. The van der Waals surface area contributed by atoms with E-state index < -0.39 is 11.8 Å². The van der Waals surface area contributed by atoms with Crippen LogP contribution in [0.15, 0.2) is 36.4 Å². The Labute approximate surface area is 121 Å². The van der Waals surface area contributed by atoms with Gasteiger partial charge in [0.2, 0.25) is 0 Å². The Bertz CT molecular complexity index is 667. The maximum absolute atomic E-state index is 14.0. The Hall–Kier alpha value is -2.56. The van der Waals surface area contributed by atoms with E-state index in [4.69, 9.17) is 9.47 Å². The minimum Gasteiger partial charge on any atom is -0.508 e. The molecule has 2 aromatic rings. The van der Waals surface area contributed by atoms with Crippen molar-refractivity contribution in [2.75, 3.05) is 13.7 Å². The number of ether oxygens (including phenoxy) is 2. The van der Waals surface area contributed by atoms with Crippen molar-refractivity contribution in [3.63, 3.8) is 0 Å². The van der Waals surface area contributed by atoms with Crippen molar-refractivity contribution in [3.05, 3.63) is 47.8 Å². The number of carbonyl (C=O) groups excluding carboxylic acids is 1. The van der Waals surface area contributed by atoms with Crippen LogP contribution in [-0.2, 0) is 4.74 Å². The molecule has 0 aromatic heterocycles. The van der Waals surface area contributed by atoms with Gasteiger partial charge in [0.25, 0.3) is 0 Å². The highest BCUT2D eigenvalue weighted by molar-refractivity contribution is 5.90. The Kier molecular flexibility index (Phi) is 4.42. The zero-order chi connectivity index (χ0) is 15.4. The lowest BCUT2D eigenvalue weighted by Crippen LogP contribution is -2.07. The zero-order valence-electron chi connectivity index (χ0n) is 11.7. The van der Waals surface area contributed by atoms with Crippen LogP contribution in [0.1, 0.15) is 17.3 Å². The van der Waals surface area contributed by atoms with Gasteiger partial charge < -0.3 is 14.6 Å². The molecule has 0 unspecified atom stereocenters. The normalized spacial score (nSPS) is 10.2. The van der Waals surface area contributed by atoms with Crippen LogP contribution in [0, 0.1) is 5.82 Å². The van der Waals surface area contributed by atoms with Gasteiger partial charge in [-0.25, -0.2) is 9.18 Å². The van der Waals surface area contributed by atoms with Crippen LogP contribution in [0.4, 0.5) is 4.39 Å². The molecule has 0 aliphatic rings. The van der Waals surface area contributed by atoms with Crippen molar-refractivity contribution in [1.29, 1.82) is 0 Å². The van der Waals surface area contributed by atoms with Gasteiger partial charge in [0.15, 0.2) is 0 Å². The molecule has 0 aliphatic heterocycles. The van der Waals surface area contributed by atoms with Gasteiger partial charge in [0.05, 0.1) is 19.3 Å². The molecule has 0 amide bonds. The summed E-state index contributed by atoms with van der Waals surface area (Å²) >= 11 is 0. The summed E-state index contributed by atoms with van der Waals surface area (Å²) < 4.78 is 23.8. The highest BCUT2D eigenvalue weighted by atomic mass is 19.1. The summed E-state index contributed by atoms with van der Waals surface area (Å²) in [5, 5.41) is 9.62. The smallest absolute Gasteiger partial charge is 0.341 e. The SMILES string of the molecule is CCOC(=O)c1ccc(-c2cc(O)cc(OC)c2)cc1F. The van der Waals surface area contributed by atoms with E-state index in [0.29, 0.717) is 16.9 Å². The van der Waals surface area contributed by atoms with Crippen molar-refractivity contribution in [2.45, 2.75) is 6.92 Å². The van der Waals surface area contributed by atoms with Crippen LogP contribution in [0.2, 0.25) is 0 Å². The lowest BCUT2D eigenvalue weighted by molar-refractivity contribution is 0.0521. The minimum absolute atomic E-state index is 0.0132. The topological polar surface area (TPSA) is 55.8 Å². The molecule has 0 fully saturated rings. The Morgan fingerprint density at radius 2 is 1.95 bits per heavy atom. The average molecular weight is 290 g/mol. The molecule has 4 nitrogen and oxygen atoms in total. The fraction of sp³-hybridized carbons (Fsp3) is 0.188. The summed E-state index contributed by atoms with van der Waals surface area (Å²) in [5.41, 5.74) is 0.989. The number of esters is 1. The molecule has 2 aromatic carbocycles. The van der Waals surface area contributed by atoms with E-state index in [-0.39, 0.29) is 17.9 Å². The van der Waals surface area contributed by atoms with E-state index in [9.17, 15) is 14.3 Å². The molecule has 0 atom stereocenters. The molecule has 0 bridgehead atoms. The minimum atomic E-state index is -0.699. The fourth-order valence-corrected chi connectivity index (χ4v) is 1.94. The predicted molar refractivity (Wildman–Crippen MR) is 76.0 cm³/mol. The van der Waals surface area contributed by atoms with E-state index in [1.807, 2.05) is 0 Å². The number of hydrogen-bond acceptors (Lipinski definition) is 4. The van der Waals surface area contributed by atoms with Crippen LogP contribution in [0.3, 0.4) is 0 Å². The van der Waals surface area contributed by atoms with E-state index >= 15 is 0 Å². The number of methoxy groups -OCH3 is 1. The van der Waals surface area contributed by atoms with Crippen molar-refractivity contribution >= 4 is 5.97 Å². The van der Waals surface area contributed by atoms with Crippen molar-refractivity contribution in [1.82, 2.24) is 0 Å². The number of benzene rings is 2. The van der Waals surface area contributed by atoms with Gasteiger partial charge >= 0.3 is 5.97 Å². The summed E-state index contributed by atoms with van der Waals surface area (Å²) in [4.78, 5) is 11.5. The predicted octanol–water partition coefficient (Wildman–Crippen LogP) is 3.38. The highest BCUT2D eigenvalue weighted by Gasteiger charge is 2.14. The lowest BCUT2D eigenvalue weighted by atomic mass is 10.0. The second kappa shape index (κ2) is 6.26. The van der Waals surface area contributed by atoms with Gasteiger partial charge in [-0.1, -0.05) is 6.07 Å². The van der Waals surface area contributed by atoms with Gasteiger partial charge in [-0.15, -0.1) is 0 Å². The number of hydrogen-bond donors (Lipinski definition) is 1. The molecule has 21 heavy (non-hydrogen) atoms. The summed E-state index contributed by atoms with van der Waals surface area (Å²) in [7, 11) is 1.48. The molecule has 110 valence electrons. The molecular weight excluding hydrogens is 275 g/mol. The summed E-state index contributed by atoms with van der Waals surface area (Å²) in [5.74, 6) is -0.901. The van der Waals surface area contributed by atoms with E-state index in [0.717, 1.165) is 0 Å². The molecular formula is C16H15FO4. The largest absolute Gasteiger partial charge is 0.508 e. The van der Waals surface area contributed by atoms with Crippen LogP contribution in [0.5, 0.6) is 11.5 Å². The number of phenolic OH excluding ortho intramolecular Hbond substituents is 1. The van der Waals surface area contributed by atoms with E-state index in [2.05, 4.69) is 0 Å². The fourth-order valence-electron chi connectivity index (χ4n) is 1.94. The second-order valence-corrected chi connectivity index (χ2v) is 4.33. The Balaban J connectivity index is 2.40. The molecule has 0 saturated heterocycles. The molecule has 0 spiro atoms. The number of phenols is 1. The first-order chi connectivity index (χ1) is 10.0. The molecule has 0 saturated carbocycles. The van der Waals surface area contributed by atoms with Crippen LogP contribution in [-0.4, -0.2) is 24.8 Å². The lowest BCUT2D eigenvalue weighted by Gasteiger charge is -2.08. The van der Waals surface area contributed by atoms with Crippen LogP contribution < -0.4 is 4.74 Å². The van der Waals surface area contributed by atoms with Gasteiger partial charge in [-0.2, -0.15) is 0 Å². The Morgan fingerprint density at radius 1 is 1.19 bits per heavy atom. The first kappa shape index (κ1) is 14.8. The van der Waals surface area contributed by atoms with Crippen LogP contribution in [0.25, 0.3) is 11.1 Å². The first-order valence-corrected chi connectivity index (χ1v) is 6.40. The van der Waals surface area contributed by atoms with Gasteiger partial charge in [0.1, 0.15) is 17.3 Å². The summed E-state index contributed by atoms with van der Waals surface area (Å²) in [6.45, 7) is 1.84. The molecule has 0 aliphatic carbocycles. The van der Waals surface area contributed by atoms with E-state index in [1.54, 1.807) is 19.1 Å². The van der Waals surface area contributed by atoms with Crippen LogP contribution >= 0.6 is 0 Å². The third-order valence-electron chi connectivity index (χ3n) is 2.92. The van der Waals surface area contributed by atoms with E-state index in [1.165, 1.54) is 31.4 Å². The molecule has 2 rings (SSSR count). The quantitative estimate of drug-likeness (QED) is 0.877.